The van der Waals surface area contributed by atoms with Gasteiger partial charge in [0.05, 0.1) is 19.9 Å². The van der Waals surface area contributed by atoms with E-state index < -0.39 is 0 Å². The Morgan fingerprint density at radius 1 is 0.966 bits per heavy atom. The van der Waals surface area contributed by atoms with Crippen molar-refractivity contribution in [3.05, 3.63) is 65.7 Å². The molecule has 0 spiro atoms. The van der Waals surface area contributed by atoms with E-state index in [1.165, 1.54) is 12.7 Å². The minimum atomic E-state index is -0.127. The first-order valence-electron chi connectivity index (χ1n) is 9.25. The van der Waals surface area contributed by atoms with Gasteiger partial charge in [0.1, 0.15) is 11.6 Å². The quantitative estimate of drug-likeness (QED) is 0.612. The van der Waals surface area contributed by atoms with Gasteiger partial charge in [-0.05, 0) is 36.2 Å². The van der Waals surface area contributed by atoms with Gasteiger partial charge in [0.15, 0.2) is 0 Å². The predicted octanol–water partition coefficient (Wildman–Crippen LogP) is 3.18. The fraction of sp³-hybridized carbons (Fsp3) is 0.227. The Morgan fingerprint density at radius 3 is 2.31 bits per heavy atom. The molecule has 3 rings (SSSR count). The SMILES string of the molecule is CNC(=O)c1ccc(-c2cc(NCCc3ccc(OC)cc3)nc(OC)n2)cc1. The van der Waals surface area contributed by atoms with Crippen molar-refractivity contribution >= 4 is 11.7 Å². The van der Waals surface area contributed by atoms with E-state index in [0.717, 1.165) is 17.7 Å². The van der Waals surface area contributed by atoms with Gasteiger partial charge in [0.2, 0.25) is 0 Å². The first kappa shape index (κ1) is 20.1. The number of anilines is 1. The molecule has 0 bridgehead atoms. The van der Waals surface area contributed by atoms with Gasteiger partial charge in [-0.25, -0.2) is 0 Å². The molecule has 0 atom stereocenters. The lowest BCUT2D eigenvalue weighted by molar-refractivity contribution is 0.0963. The van der Waals surface area contributed by atoms with Gasteiger partial charge in [-0.3, -0.25) is 4.79 Å². The number of hydrogen-bond donors (Lipinski definition) is 2. The third-order valence-electron chi connectivity index (χ3n) is 4.44. The standard InChI is InChI=1S/C22H24N4O3/c1-23-21(27)17-8-6-16(7-9-17)19-14-20(26-22(25-19)29-3)24-13-12-15-4-10-18(28-2)11-5-15/h4-11,14H,12-13H2,1-3H3,(H,23,27)(H,24,25,26). The van der Waals surface area contributed by atoms with Crippen molar-refractivity contribution in [3.8, 4) is 23.0 Å². The largest absolute Gasteiger partial charge is 0.497 e. The molecule has 0 saturated heterocycles. The Morgan fingerprint density at radius 2 is 1.69 bits per heavy atom. The van der Waals surface area contributed by atoms with Crippen molar-refractivity contribution in [1.29, 1.82) is 0 Å². The minimum absolute atomic E-state index is 0.127. The number of nitrogens with zero attached hydrogens (tertiary/aromatic N) is 2. The molecule has 2 aromatic carbocycles. The molecule has 0 unspecified atom stereocenters. The zero-order valence-corrected chi connectivity index (χ0v) is 16.7. The van der Waals surface area contributed by atoms with Gasteiger partial charge in [0.25, 0.3) is 5.91 Å². The van der Waals surface area contributed by atoms with Crippen molar-refractivity contribution in [1.82, 2.24) is 15.3 Å². The first-order chi connectivity index (χ1) is 14.1. The van der Waals surface area contributed by atoms with E-state index in [1.807, 2.05) is 42.5 Å². The second kappa shape index (κ2) is 9.54. The Kier molecular flexibility index (Phi) is 6.63. The van der Waals surface area contributed by atoms with Crippen LogP contribution in [0.4, 0.5) is 5.82 Å². The predicted molar refractivity (Wildman–Crippen MR) is 113 cm³/mol. The van der Waals surface area contributed by atoms with Crippen molar-refractivity contribution in [2.75, 3.05) is 33.1 Å². The molecule has 7 nitrogen and oxygen atoms in total. The summed E-state index contributed by atoms with van der Waals surface area (Å²) >= 11 is 0. The van der Waals surface area contributed by atoms with Crippen LogP contribution in [0.25, 0.3) is 11.3 Å². The Labute approximate surface area is 170 Å². The molecular weight excluding hydrogens is 368 g/mol. The maximum atomic E-state index is 11.7. The fourth-order valence-electron chi connectivity index (χ4n) is 2.82. The summed E-state index contributed by atoms with van der Waals surface area (Å²) in [7, 11) is 4.80. The molecule has 2 N–H and O–H groups in total. The first-order valence-corrected chi connectivity index (χ1v) is 9.25. The molecule has 1 aromatic heterocycles. The van der Waals surface area contributed by atoms with Gasteiger partial charge in [-0.15, -0.1) is 0 Å². The third kappa shape index (κ3) is 5.22. The maximum absolute atomic E-state index is 11.7. The van der Waals surface area contributed by atoms with Crippen LogP contribution in [-0.4, -0.2) is 43.7 Å². The summed E-state index contributed by atoms with van der Waals surface area (Å²) in [6.07, 6.45) is 0.840. The highest BCUT2D eigenvalue weighted by atomic mass is 16.5. The van der Waals surface area contributed by atoms with E-state index in [4.69, 9.17) is 9.47 Å². The van der Waals surface area contributed by atoms with Crippen LogP contribution in [0.3, 0.4) is 0 Å². The van der Waals surface area contributed by atoms with Crippen LogP contribution >= 0.6 is 0 Å². The van der Waals surface area contributed by atoms with Crippen LogP contribution in [0.1, 0.15) is 15.9 Å². The van der Waals surface area contributed by atoms with Crippen LogP contribution in [0.5, 0.6) is 11.8 Å². The number of benzene rings is 2. The minimum Gasteiger partial charge on any atom is -0.497 e. The topological polar surface area (TPSA) is 85.4 Å². The summed E-state index contributed by atoms with van der Waals surface area (Å²) in [6.45, 7) is 0.710. The molecule has 29 heavy (non-hydrogen) atoms. The molecule has 0 aliphatic carbocycles. The van der Waals surface area contributed by atoms with Gasteiger partial charge >= 0.3 is 6.01 Å². The number of amides is 1. The lowest BCUT2D eigenvalue weighted by Crippen LogP contribution is -2.17. The molecule has 0 aliphatic rings. The zero-order chi connectivity index (χ0) is 20.6. The summed E-state index contributed by atoms with van der Waals surface area (Å²) in [5.41, 5.74) is 3.38. The van der Waals surface area contributed by atoms with Crippen LogP contribution in [-0.2, 0) is 6.42 Å². The number of hydrogen-bond acceptors (Lipinski definition) is 6. The highest BCUT2D eigenvalue weighted by molar-refractivity contribution is 5.94. The molecule has 0 saturated carbocycles. The second-order valence-corrected chi connectivity index (χ2v) is 6.31. The smallest absolute Gasteiger partial charge is 0.318 e. The van der Waals surface area contributed by atoms with Gasteiger partial charge in [0, 0.05) is 30.8 Å². The lowest BCUT2D eigenvalue weighted by atomic mass is 10.1. The normalized spacial score (nSPS) is 10.3. The number of methoxy groups -OCH3 is 2. The van der Waals surface area contributed by atoms with Crippen LogP contribution < -0.4 is 20.1 Å². The number of rotatable bonds is 8. The van der Waals surface area contributed by atoms with E-state index in [9.17, 15) is 4.79 Å². The summed E-state index contributed by atoms with van der Waals surface area (Å²) in [5.74, 6) is 1.39. The van der Waals surface area contributed by atoms with Crippen molar-refractivity contribution in [3.63, 3.8) is 0 Å². The monoisotopic (exact) mass is 392 g/mol. The third-order valence-corrected chi connectivity index (χ3v) is 4.44. The highest BCUT2D eigenvalue weighted by Gasteiger charge is 2.09. The van der Waals surface area contributed by atoms with Gasteiger partial charge in [-0.2, -0.15) is 9.97 Å². The van der Waals surface area contributed by atoms with Crippen LogP contribution in [0.2, 0.25) is 0 Å². The van der Waals surface area contributed by atoms with E-state index in [-0.39, 0.29) is 11.9 Å². The van der Waals surface area contributed by atoms with Crippen LogP contribution in [0.15, 0.2) is 54.6 Å². The molecule has 7 heteroatoms. The summed E-state index contributed by atoms with van der Waals surface area (Å²) < 4.78 is 10.4. The molecule has 0 fully saturated rings. The Balaban J connectivity index is 1.71. The van der Waals surface area contributed by atoms with Crippen molar-refractivity contribution < 1.29 is 14.3 Å². The highest BCUT2D eigenvalue weighted by Crippen LogP contribution is 2.23. The van der Waals surface area contributed by atoms with E-state index in [1.54, 1.807) is 26.3 Å². The van der Waals surface area contributed by atoms with Crippen molar-refractivity contribution in [2.45, 2.75) is 6.42 Å². The molecule has 150 valence electrons. The molecule has 0 radical (unpaired) electrons. The van der Waals surface area contributed by atoms with Crippen molar-refractivity contribution in [2.24, 2.45) is 0 Å². The average Bonchev–Trinajstić information content (AvgIpc) is 2.79. The Bertz CT molecular complexity index is 957. The molecule has 1 amide bonds. The number of carbonyl (C=O) groups excluding carboxylic acids is 1. The number of nitrogens with one attached hydrogen (secondary N) is 2. The zero-order valence-electron chi connectivity index (χ0n) is 16.7. The van der Waals surface area contributed by atoms with Gasteiger partial charge in [-0.1, -0.05) is 24.3 Å². The summed E-state index contributed by atoms with van der Waals surface area (Å²) in [6, 6.07) is 17.4. The summed E-state index contributed by atoms with van der Waals surface area (Å²) in [4.78, 5) is 20.5. The number of ether oxygens (including phenoxy) is 2. The van der Waals surface area contributed by atoms with E-state index in [0.29, 0.717) is 23.6 Å². The molecule has 0 aliphatic heterocycles. The molecule has 3 aromatic rings. The van der Waals surface area contributed by atoms with E-state index >= 15 is 0 Å². The molecule has 1 heterocycles. The average molecular weight is 392 g/mol. The number of aromatic nitrogens is 2. The Hall–Kier alpha value is -3.61. The van der Waals surface area contributed by atoms with Gasteiger partial charge < -0.3 is 20.1 Å². The lowest BCUT2D eigenvalue weighted by Gasteiger charge is -2.10. The second-order valence-electron chi connectivity index (χ2n) is 6.31. The fourth-order valence-corrected chi connectivity index (χ4v) is 2.82. The molecular formula is C22H24N4O3. The summed E-state index contributed by atoms with van der Waals surface area (Å²) in [5, 5.41) is 5.93. The van der Waals surface area contributed by atoms with E-state index in [2.05, 4.69) is 20.6 Å². The number of carbonyl (C=O) groups is 1. The van der Waals surface area contributed by atoms with Crippen LogP contribution in [0, 0.1) is 0 Å². The maximum Gasteiger partial charge on any atom is 0.318 e.